The van der Waals surface area contributed by atoms with Crippen LogP contribution in [0.2, 0.25) is 0 Å². The number of carbonyl (C=O) groups excluding carboxylic acids is 1. The van der Waals surface area contributed by atoms with Crippen LogP contribution in [0, 0.1) is 0 Å². The zero-order chi connectivity index (χ0) is 19.6. The number of nitrogens with one attached hydrogen (secondary N) is 3. The Kier molecular flexibility index (Phi) is 5.05. The highest BCUT2D eigenvalue weighted by atomic mass is 16.2. The Balaban J connectivity index is 1.67. The van der Waals surface area contributed by atoms with Gasteiger partial charge in [-0.15, -0.1) is 0 Å². The van der Waals surface area contributed by atoms with E-state index in [4.69, 9.17) is 4.99 Å². The summed E-state index contributed by atoms with van der Waals surface area (Å²) >= 11 is 0. The van der Waals surface area contributed by atoms with Crippen molar-refractivity contribution in [2.24, 2.45) is 4.99 Å². The summed E-state index contributed by atoms with van der Waals surface area (Å²) in [7, 11) is 3.55. The Morgan fingerprint density at radius 1 is 1.04 bits per heavy atom. The number of nitrogens with zero attached hydrogens (tertiary/aromatic N) is 2. The number of anilines is 2. The van der Waals surface area contributed by atoms with E-state index in [1.807, 2.05) is 36.4 Å². The first-order valence-electron chi connectivity index (χ1n) is 9.78. The highest BCUT2D eigenvalue weighted by Gasteiger charge is 2.40. The van der Waals surface area contributed by atoms with Crippen molar-refractivity contribution in [3.8, 4) is 0 Å². The average Bonchev–Trinajstić information content (AvgIpc) is 2.72. The molecule has 2 aromatic rings. The van der Waals surface area contributed by atoms with Gasteiger partial charge < -0.3 is 20.9 Å². The van der Waals surface area contributed by atoms with Gasteiger partial charge in [-0.2, -0.15) is 0 Å². The molecule has 1 saturated heterocycles. The fraction of sp³-hybridized carbons (Fsp3) is 0.364. The van der Waals surface area contributed by atoms with E-state index in [1.54, 1.807) is 19.0 Å². The third-order valence-electron chi connectivity index (χ3n) is 5.53. The lowest BCUT2D eigenvalue weighted by Gasteiger charge is -2.44. The van der Waals surface area contributed by atoms with Crippen LogP contribution in [0.1, 0.15) is 28.8 Å². The molecular formula is C22H27N5O. The molecule has 0 aliphatic carbocycles. The molecule has 1 fully saturated rings. The van der Waals surface area contributed by atoms with Gasteiger partial charge >= 0.3 is 0 Å². The lowest BCUT2D eigenvalue weighted by atomic mass is 9.84. The highest BCUT2D eigenvalue weighted by Crippen LogP contribution is 2.35. The number of amidine groups is 1. The summed E-state index contributed by atoms with van der Waals surface area (Å²) in [5, 5.41) is 10.7. The molecule has 28 heavy (non-hydrogen) atoms. The fourth-order valence-electron chi connectivity index (χ4n) is 3.94. The van der Waals surface area contributed by atoms with Gasteiger partial charge in [0.2, 0.25) is 0 Å². The van der Waals surface area contributed by atoms with Crippen molar-refractivity contribution in [1.29, 1.82) is 0 Å². The number of piperidine rings is 1. The average molecular weight is 377 g/mol. The van der Waals surface area contributed by atoms with Gasteiger partial charge in [0.1, 0.15) is 5.84 Å². The minimum Gasteiger partial charge on any atom is -0.371 e. The highest BCUT2D eigenvalue weighted by molar-refractivity contribution is 6.09. The van der Waals surface area contributed by atoms with E-state index in [-0.39, 0.29) is 11.4 Å². The Hall–Kier alpha value is -2.86. The molecule has 6 nitrogen and oxygen atoms in total. The largest absolute Gasteiger partial charge is 0.371 e. The number of aliphatic imine (C=N–C) groups is 1. The molecule has 0 unspecified atom stereocenters. The molecule has 146 valence electrons. The van der Waals surface area contributed by atoms with E-state index < -0.39 is 0 Å². The number of benzene rings is 2. The van der Waals surface area contributed by atoms with Crippen LogP contribution in [0.4, 0.5) is 11.4 Å². The predicted molar refractivity (Wildman–Crippen MR) is 114 cm³/mol. The van der Waals surface area contributed by atoms with E-state index in [9.17, 15) is 4.79 Å². The molecule has 0 saturated carbocycles. The quantitative estimate of drug-likeness (QED) is 0.769. The molecule has 2 aliphatic rings. The second-order valence-electron chi connectivity index (χ2n) is 7.65. The van der Waals surface area contributed by atoms with Crippen molar-refractivity contribution in [3.05, 3.63) is 59.7 Å². The van der Waals surface area contributed by atoms with Crippen LogP contribution in [0.15, 0.2) is 53.5 Å². The van der Waals surface area contributed by atoms with Gasteiger partial charge in [-0.1, -0.05) is 30.3 Å². The van der Waals surface area contributed by atoms with Gasteiger partial charge in [0.15, 0.2) is 0 Å². The third kappa shape index (κ3) is 3.47. The first-order valence-corrected chi connectivity index (χ1v) is 9.78. The Bertz CT molecular complexity index is 899. The topological polar surface area (TPSA) is 68.8 Å². The van der Waals surface area contributed by atoms with Crippen LogP contribution < -0.4 is 16.0 Å². The van der Waals surface area contributed by atoms with Crippen LogP contribution >= 0.6 is 0 Å². The van der Waals surface area contributed by atoms with E-state index in [0.717, 1.165) is 48.7 Å². The SMILES string of the molecule is CN(C)C(=O)c1ccccc1CN=C1Nc2ccccc2NC12CCNCC2. The molecule has 0 bridgehead atoms. The number of para-hydroxylation sites is 2. The van der Waals surface area contributed by atoms with Crippen LogP contribution in [0.25, 0.3) is 0 Å². The van der Waals surface area contributed by atoms with Gasteiger partial charge in [-0.3, -0.25) is 9.79 Å². The van der Waals surface area contributed by atoms with E-state index in [0.29, 0.717) is 12.1 Å². The summed E-state index contributed by atoms with van der Waals surface area (Å²) < 4.78 is 0. The summed E-state index contributed by atoms with van der Waals surface area (Å²) in [5.74, 6) is 0.965. The lowest BCUT2D eigenvalue weighted by molar-refractivity contribution is 0.0826. The third-order valence-corrected chi connectivity index (χ3v) is 5.53. The van der Waals surface area contributed by atoms with Crippen molar-refractivity contribution >= 4 is 23.1 Å². The molecule has 2 aromatic carbocycles. The number of fused-ring (bicyclic) bond motifs is 1. The van der Waals surface area contributed by atoms with Gasteiger partial charge in [0.25, 0.3) is 5.91 Å². The zero-order valence-corrected chi connectivity index (χ0v) is 16.5. The lowest BCUT2D eigenvalue weighted by Crippen LogP contribution is -2.57. The summed E-state index contributed by atoms with van der Waals surface area (Å²) in [4.78, 5) is 19.1. The second kappa shape index (κ2) is 7.64. The Labute approximate surface area is 166 Å². The van der Waals surface area contributed by atoms with Crippen LogP contribution in [-0.2, 0) is 6.54 Å². The maximum absolute atomic E-state index is 12.5. The summed E-state index contributed by atoms with van der Waals surface area (Å²) in [6.07, 6.45) is 1.93. The van der Waals surface area contributed by atoms with Crippen molar-refractivity contribution < 1.29 is 4.79 Å². The molecule has 6 heteroatoms. The van der Waals surface area contributed by atoms with Crippen molar-refractivity contribution in [2.75, 3.05) is 37.8 Å². The standard InChI is InChI=1S/C22H27N5O/c1-27(2)20(28)17-8-4-3-7-16(17)15-24-21-22(11-13-23-14-12-22)26-19-10-6-5-9-18(19)25-21/h3-10,23,26H,11-15H2,1-2H3,(H,24,25). The number of amides is 1. The Morgan fingerprint density at radius 2 is 1.71 bits per heavy atom. The van der Waals surface area contributed by atoms with E-state index >= 15 is 0 Å². The van der Waals surface area contributed by atoms with Gasteiger partial charge in [0.05, 0.1) is 23.5 Å². The van der Waals surface area contributed by atoms with Gasteiger partial charge in [-0.25, -0.2) is 0 Å². The fourth-order valence-corrected chi connectivity index (χ4v) is 3.94. The maximum Gasteiger partial charge on any atom is 0.253 e. The molecule has 0 aromatic heterocycles. The molecule has 0 atom stereocenters. The normalized spacial score (nSPS) is 18.9. The molecule has 4 rings (SSSR count). The molecule has 3 N–H and O–H groups in total. The second-order valence-corrected chi connectivity index (χ2v) is 7.65. The summed E-state index contributed by atoms with van der Waals surface area (Å²) in [6.45, 7) is 2.37. The monoisotopic (exact) mass is 377 g/mol. The first kappa shape index (κ1) is 18.5. The Morgan fingerprint density at radius 3 is 2.46 bits per heavy atom. The molecule has 2 aliphatic heterocycles. The van der Waals surface area contributed by atoms with E-state index in [1.165, 1.54) is 0 Å². The van der Waals surface area contributed by atoms with Crippen molar-refractivity contribution in [2.45, 2.75) is 24.9 Å². The summed E-state index contributed by atoms with van der Waals surface area (Å²) in [6, 6.07) is 16.0. The zero-order valence-electron chi connectivity index (χ0n) is 16.5. The van der Waals surface area contributed by atoms with Crippen LogP contribution in [0.5, 0.6) is 0 Å². The minimum absolute atomic E-state index is 0.00690. The summed E-state index contributed by atoms with van der Waals surface area (Å²) in [5.41, 5.74) is 3.62. The van der Waals surface area contributed by atoms with E-state index in [2.05, 4.69) is 28.1 Å². The molecule has 1 spiro atoms. The minimum atomic E-state index is -0.194. The van der Waals surface area contributed by atoms with Crippen LogP contribution in [-0.4, -0.2) is 49.4 Å². The number of hydrogen-bond acceptors (Lipinski definition) is 4. The first-order chi connectivity index (χ1) is 13.6. The number of rotatable bonds is 3. The molecule has 0 radical (unpaired) electrons. The predicted octanol–water partition coefficient (Wildman–Crippen LogP) is 2.95. The molecule has 2 heterocycles. The number of carbonyl (C=O) groups is 1. The number of hydrogen-bond donors (Lipinski definition) is 3. The maximum atomic E-state index is 12.5. The van der Waals surface area contributed by atoms with Crippen molar-refractivity contribution in [3.63, 3.8) is 0 Å². The smallest absolute Gasteiger partial charge is 0.253 e. The van der Waals surface area contributed by atoms with Gasteiger partial charge in [-0.05, 0) is 49.7 Å². The van der Waals surface area contributed by atoms with Gasteiger partial charge in [0, 0.05) is 19.7 Å². The molecule has 1 amide bonds. The van der Waals surface area contributed by atoms with Crippen molar-refractivity contribution in [1.82, 2.24) is 10.2 Å². The van der Waals surface area contributed by atoms with Crippen LogP contribution in [0.3, 0.4) is 0 Å². The molecular weight excluding hydrogens is 350 g/mol.